The molecule has 7 heteroatoms. The highest BCUT2D eigenvalue weighted by atomic mass is 32.2. The Kier molecular flexibility index (Phi) is 2.54. The fraction of sp³-hybridized carbons (Fsp3) is 0. The highest BCUT2D eigenvalue weighted by Crippen LogP contribution is 2.14. The van der Waals surface area contributed by atoms with E-state index in [1.165, 1.54) is 0 Å². The van der Waals surface area contributed by atoms with Crippen molar-refractivity contribution in [2.45, 2.75) is 4.90 Å². The highest BCUT2D eigenvalue weighted by Gasteiger charge is 2.14. The van der Waals surface area contributed by atoms with E-state index < -0.39 is 32.3 Å². The van der Waals surface area contributed by atoms with Crippen LogP contribution in [0.5, 0.6) is 0 Å². The van der Waals surface area contributed by atoms with Gasteiger partial charge in [-0.15, -0.1) is 0 Å². The van der Waals surface area contributed by atoms with Crippen molar-refractivity contribution in [2.24, 2.45) is 5.14 Å². The van der Waals surface area contributed by atoms with E-state index in [9.17, 15) is 22.7 Å². The van der Waals surface area contributed by atoms with Gasteiger partial charge in [0.15, 0.2) is 0 Å². The van der Waals surface area contributed by atoms with Gasteiger partial charge in [-0.25, -0.2) is 17.9 Å². The first kappa shape index (κ1) is 10.6. The van der Waals surface area contributed by atoms with Crippen LogP contribution in [0.2, 0.25) is 0 Å². The molecule has 0 aliphatic rings. The summed E-state index contributed by atoms with van der Waals surface area (Å²) in [6, 6.07) is 2.20. The van der Waals surface area contributed by atoms with Crippen molar-refractivity contribution >= 4 is 16.0 Å². The summed E-state index contributed by atoms with van der Waals surface area (Å²) in [5, 5.41) is 15.0. The van der Waals surface area contributed by atoms with Gasteiger partial charge in [0.25, 0.3) is 0 Å². The number of hydrogen-bond acceptors (Lipinski definition) is 4. The predicted octanol–water partition coefficient (Wildman–Crippen LogP) is -1.16. The van der Waals surface area contributed by atoms with E-state index in [1.54, 1.807) is 0 Å². The number of rotatable bonds is 2. The lowest BCUT2D eigenvalue weighted by Crippen LogP contribution is -2.23. The average molecular weight is 218 g/mol. The molecule has 1 rings (SSSR count). The van der Waals surface area contributed by atoms with Crippen molar-refractivity contribution in [1.29, 1.82) is 0 Å². The Morgan fingerprint density at radius 1 is 1.43 bits per heavy atom. The zero-order valence-corrected chi connectivity index (χ0v) is 7.55. The molecule has 0 aliphatic heterocycles. The van der Waals surface area contributed by atoms with Crippen molar-refractivity contribution in [1.82, 2.24) is 0 Å². The van der Waals surface area contributed by atoms with Crippen molar-refractivity contribution < 1.29 is 22.7 Å². The number of carboxylic acid groups (broad SMARTS) is 1. The van der Waals surface area contributed by atoms with Crippen LogP contribution >= 0.6 is 0 Å². The smallest absolute Gasteiger partial charge is 0.240 e. The molecule has 14 heavy (non-hydrogen) atoms. The summed E-state index contributed by atoms with van der Waals surface area (Å²) in [6.45, 7) is 0. The molecule has 0 aliphatic carbocycles. The number of benzene rings is 1. The number of sulfonamides is 1. The topological polar surface area (TPSA) is 100 Å². The second-order valence-electron chi connectivity index (χ2n) is 2.48. The maximum Gasteiger partial charge on any atom is 0.240 e. The maximum absolute atomic E-state index is 12.9. The molecule has 0 amide bonds. The number of nitrogens with two attached hydrogens (primary N) is 1. The Hall–Kier alpha value is -1.47. The van der Waals surface area contributed by atoms with Gasteiger partial charge >= 0.3 is 0 Å². The Bertz CT molecular complexity index is 482. The molecule has 0 radical (unpaired) electrons. The average Bonchev–Trinajstić information content (AvgIpc) is 2.02. The first-order valence-electron chi connectivity index (χ1n) is 3.36. The van der Waals surface area contributed by atoms with E-state index in [1.807, 2.05) is 0 Å². The van der Waals surface area contributed by atoms with E-state index in [0.29, 0.717) is 12.1 Å². The second kappa shape index (κ2) is 3.35. The van der Waals surface area contributed by atoms with Gasteiger partial charge < -0.3 is 9.90 Å². The third-order valence-corrected chi connectivity index (χ3v) is 2.40. The van der Waals surface area contributed by atoms with Crippen LogP contribution in [0.25, 0.3) is 0 Å². The molecule has 2 N–H and O–H groups in total. The van der Waals surface area contributed by atoms with Gasteiger partial charge in [0.05, 0.1) is 5.97 Å². The van der Waals surface area contributed by atoms with E-state index >= 15 is 0 Å². The van der Waals surface area contributed by atoms with E-state index in [-0.39, 0.29) is 0 Å². The Balaban J connectivity index is 3.44. The largest absolute Gasteiger partial charge is 0.545 e. The van der Waals surface area contributed by atoms with Crippen molar-refractivity contribution in [3.05, 3.63) is 29.6 Å². The number of carbonyl (C=O) groups excluding carboxylic acids is 1. The van der Waals surface area contributed by atoms with Crippen LogP contribution in [0, 0.1) is 5.82 Å². The molecule has 0 aromatic heterocycles. The molecule has 0 fully saturated rings. The normalized spacial score (nSPS) is 11.3. The van der Waals surface area contributed by atoms with Crippen LogP contribution in [0.4, 0.5) is 4.39 Å². The third-order valence-electron chi connectivity index (χ3n) is 1.47. The SMILES string of the molecule is NS(=O)(=O)c1cc(C(=O)[O-])ccc1F. The molecule has 1 aromatic rings. The van der Waals surface area contributed by atoms with Gasteiger partial charge in [0.1, 0.15) is 10.7 Å². The van der Waals surface area contributed by atoms with E-state index in [4.69, 9.17) is 0 Å². The summed E-state index contributed by atoms with van der Waals surface area (Å²) in [4.78, 5) is 9.46. The summed E-state index contributed by atoms with van der Waals surface area (Å²) in [5.74, 6) is -2.70. The molecule has 0 heterocycles. The van der Waals surface area contributed by atoms with Crippen LogP contribution in [0.15, 0.2) is 23.1 Å². The van der Waals surface area contributed by atoms with Crippen molar-refractivity contribution in [2.75, 3.05) is 0 Å². The quantitative estimate of drug-likeness (QED) is 0.676. The summed E-state index contributed by atoms with van der Waals surface area (Å²) >= 11 is 0. The molecule has 0 unspecified atom stereocenters. The second-order valence-corrected chi connectivity index (χ2v) is 4.01. The third kappa shape index (κ3) is 2.06. The number of carbonyl (C=O) groups is 1. The number of hydrogen-bond donors (Lipinski definition) is 1. The minimum atomic E-state index is -4.26. The first-order valence-corrected chi connectivity index (χ1v) is 4.90. The highest BCUT2D eigenvalue weighted by molar-refractivity contribution is 7.89. The number of aromatic carboxylic acids is 1. The number of halogens is 1. The van der Waals surface area contributed by atoms with Crippen LogP contribution in [-0.2, 0) is 10.0 Å². The minimum absolute atomic E-state index is 0.449. The summed E-state index contributed by atoms with van der Waals surface area (Å²) in [5.41, 5.74) is -0.449. The standard InChI is InChI=1S/C7H6FNO4S/c8-5-2-1-4(7(10)11)3-6(5)14(9,12)13/h1-3H,(H,10,11)(H2,9,12,13)/p-1. The molecular weight excluding hydrogens is 213 g/mol. The molecule has 0 saturated heterocycles. The molecule has 76 valence electrons. The summed E-state index contributed by atoms with van der Waals surface area (Å²) < 4.78 is 34.4. The Morgan fingerprint density at radius 2 is 2.00 bits per heavy atom. The lowest BCUT2D eigenvalue weighted by atomic mass is 10.2. The van der Waals surface area contributed by atoms with Gasteiger partial charge in [-0.05, 0) is 17.7 Å². The number of primary sulfonamides is 1. The van der Waals surface area contributed by atoms with Crippen molar-refractivity contribution in [3.8, 4) is 0 Å². The number of carboxylic acids is 1. The molecule has 5 nitrogen and oxygen atoms in total. The molecule has 0 spiro atoms. The molecule has 0 atom stereocenters. The fourth-order valence-corrected chi connectivity index (χ4v) is 1.48. The Labute approximate surface area is 79.0 Å². The monoisotopic (exact) mass is 218 g/mol. The zero-order valence-electron chi connectivity index (χ0n) is 6.73. The zero-order chi connectivity index (χ0) is 10.9. The van der Waals surface area contributed by atoms with Crippen LogP contribution in [0.3, 0.4) is 0 Å². The van der Waals surface area contributed by atoms with Crippen LogP contribution < -0.4 is 10.2 Å². The first-order chi connectivity index (χ1) is 6.32. The van der Waals surface area contributed by atoms with Crippen LogP contribution in [-0.4, -0.2) is 14.4 Å². The summed E-state index contributed by atoms with van der Waals surface area (Å²) in [6.07, 6.45) is 0. The lowest BCUT2D eigenvalue weighted by Gasteiger charge is -2.05. The molecular formula is C7H5FNO4S-. The lowest BCUT2D eigenvalue weighted by molar-refractivity contribution is -0.255. The van der Waals surface area contributed by atoms with Crippen molar-refractivity contribution in [3.63, 3.8) is 0 Å². The minimum Gasteiger partial charge on any atom is -0.545 e. The molecule has 0 saturated carbocycles. The van der Waals surface area contributed by atoms with Gasteiger partial charge in [-0.2, -0.15) is 0 Å². The Morgan fingerprint density at radius 3 is 2.43 bits per heavy atom. The fourth-order valence-electron chi connectivity index (χ4n) is 0.848. The van der Waals surface area contributed by atoms with Crippen LogP contribution in [0.1, 0.15) is 10.4 Å². The van der Waals surface area contributed by atoms with E-state index in [0.717, 1.165) is 6.07 Å². The van der Waals surface area contributed by atoms with Gasteiger partial charge in [-0.1, -0.05) is 6.07 Å². The molecule has 1 aromatic carbocycles. The van der Waals surface area contributed by atoms with Gasteiger partial charge in [-0.3, -0.25) is 0 Å². The van der Waals surface area contributed by atoms with Gasteiger partial charge in [0.2, 0.25) is 10.0 Å². The predicted molar refractivity (Wildman–Crippen MR) is 42.1 cm³/mol. The van der Waals surface area contributed by atoms with Gasteiger partial charge in [0, 0.05) is 0 Å². The van der Waals surface area contributed by atoms with E-state index in [2.05, 4.69) is 5.14 Å². The summed E-state index contributed by atoms with van der Waals surface area (Å²) in [7, 11) is -4.26. The maximum atomic E-state index is 12.9. The molecule has 0 bridgehead atoms.